The predicted molar refractivity (Wildman–Crippen MR) is 112 cm³/mol. The number of methoxy groups -OCH3 is 1. The maximum Gasteiger partial charge on any atom is 0.337 e. The van der Waals surface area contributed by atoms with Crippen LogP contribution in [0.3, 0.4) is 0 Å². The molecule has 1 aromatic heterocycles. The first kappa shape index (κ1) is 21.5. The van der Waals surface area contributed by atoms with Gasteiger partial charge in [0.05, 0.1) is 18.4 Å². The van der Waals surface area contributed by atoms with Crippen LogP contribution in [0.2, 0.25) is 0 Å². The van der Waals surface area contributed by atoms with Gasteiger partial charge in [0.15, 0.2) is 0 Å². The molecule has 1 aromatic carbocycles. The summed E-state index contributed by atoms with van der Waals surface area (Å²) < 4.78 is 6.35. The van der Waals surface area contributed by atoms with Crippen LogP contribution in [0.25, 0.3) is 0 Å². The van der Waals surface area contributed by atoms with Crippen LogP contribution in [0.1, 0.15) is 64.2 Å². The lowest BCUT2D eigenvalue weighted by Gasteiger charge is -2.21. The summed E-state index contributed by atoms with van der Waals surface area (Å²) in [6, 6.07) is 6.72. The zero-order chi connectivity index (χ0) is 21.7. The van der Waals surface area contributed by atoms with Crippen molar-refractivity contribution in [3.8, 4) is 0 Å². The smallest absolute Gasteiger partial charge is 0.337 e. The van der Waals surface area contributed by atoms with Crippen LogP contribution in [0.4, 0.5) is 5.69 Å². The second-order valence-electron chi connectivity index (χ2n) is 7.71. The highest BCUT2D eigenvalue weighted by molar-refractivity contribution is 5.96. The molecule has 30 heavy (non-hydrogen) atoms. The number of amides is 2. The van der Waals surface area contributed by atoms with Gasteiger partial charge in [0.1, 0.15) is 5.69 Å². The molecule has 2 N–H and O–H groups in total. The Morgan fingerprint density at radius 2 is 1.87 bits per heavy atom. The first-order valence-electron chi connectivity index (χ1n) is 10.2. The average molecular weight is 412 g/mol. The second-order valence-corrected chi connectivity index (χ2v) is 7.71. The van der Waals surface area contributed by atoms with E-state index in [1.807, 2.05) is 6.92 Å². The molecule has 160 valence electrons. The molecule has 1 aliphatic carbocycles. The number of esters is 1. The van der Waals surface area contributed by atoms with Crippen LogP contribution in [0.5, 0.6) is 0 Å². The first-order valence-corrected chi connectivity index (χ1v) is 10.2. The molecular formula is C22H28N4O4. The Morgan fingerprint density at radius 1 is 1.13 bits per heavy atom. The fraction of sp³-hybridized carbons (Fsp3) is 0.455. The Labute approximate surface area is 176 Å². The molecule has 1 saturated carbocycles. The number of aromatic nitrogens is 2. The Bertz CT molecular complexity index is 945. The van der Waals surface area contributed by atoms with Gasteiger partial charge in [-0.2, -0.15) is 5.10 Å². The van der Waals surface area contributed by atoms with E-state index in [0.29, 0.717) is 22.5 Å². The molecule has 1 aliphatic rings. The number of aryl methyl sites for hydroxylation is 2. The lowest BCUT2D eigenvalue weighted by atomic mass is 9.88. The van der Waals surface area contributed by atoms with E-state index >= 15 is 0 Å². The standard InChI is InChI=1S/C22H28N4O4/c1-14-9-19(26(2)25-14)21(28)23-13-15-10-17(22(29)30-3)12-18(11-15)24-20(27)16-7-5-4-6-8-16/h9-12,16H,4-8,13H2,1-3H3,(H,23,28)(H,24,27). The van der Waals surface area contributed by atoms with Crippen molar-refractivity contribution in [2.45, 2.75) is 45.6 Å². The summed E-state index contributed by atoms with van der Waals surface area (Å²) in [5.74, 6) is -0.804. The summed E-state index contributed by atoms with van der Waals surface area (Å²) >= 11 is 0. The molecule has 2 amide bonds. The summed E-state index contributed by atoms with van der Waals surface area (Å²) in [4.78, 5) is 37.2. The third kappa shape index (κ3) is 5.25. The molecule has 2 aromatic rings. The monoisotopic (exact) mass is 412 g/mol. The van der Waals surface area contributed by atoms with E-state index in [-0.39, 0.29) is 24.3 Å². The third-order valence-electron chi connectivity index (χ3n) is 5.35. The topological polar surface area (TPSA) is 102 Å². The minimum atomic E-state index is -0.501. The molecule has 0 radical (unpaired) electrons. The van der Waals surface area contributed by atoms with Crippen molar-refractivity contribution in [3.05, 3.63) is 46.8 Å². The van der Waals surface area contributed by atoms with Gasteiger partial charge < -0.3 is 15.4 Å². The van der Waals surface area contributed by atoms with Gasteiger partial charge in [0.25, 0.3) is 5.91 Å². The molecule has 8 heteroatoms. The van der Waals surface area contributed by atoms with Crippen LogP contribution < -0.4 is 10.6 Å². The van der Waals surface area contributed by atoms with E-state index in [1.54, 1.807) is 31.3 Å². The summed E-state index contributed by atoms with van der Waals surface area (Å²) in [6.45, 7) is 2.01. The lowest BCUT2D eigenvalue weighted by molar-refractivity contribution is -0.120. The molecule has 0 atom stereocenters. The normalized spacial score (nSPS) is 14.2. The van der Waals surface area contributed by atoms with Crippen molar-refractivity contribution in [1.82, 2.24) is 15.1 Å². The number of hydrogen-bond donors (Lipinski definition) is 2. The summed E-state index contributed by atoms with van der Waals surface area (Å²) in [7, 11) is 3.01. The van der Waals surface area contributed by atoms with Gasteiger partial charge in [0.2, 0.25) is 5.91 Å². The first-order chi connectivity index (χ1) is 14.4. The maximum absolute atomic E-state index is 12.6. The molecular weight excluding hydrogens is 384 g/mol. The molecule has 8 nitrogen and oxygen atoms in total. The van der Waals surface area contributed by atoms with E-state index in [9.17, 15) is 14.4 Å². The van der Waals surface area contributed by atoms with E-state index in [0.717, 1.165) is 31.4 Å². The summed E-state index contributed by atoms with van der Waals surface area (Å²) in [5, 5.41) is 9.94. The average Bonchev–Trinajstić information content (AvgIpc) is 3.09. The molecule has 1 heterocycles. The maximum atomic E-state index is 12.6. The molecule has 0 unspecified atom stereocenters. The molecule has 1 fully saturated rings. The molecule has 0 saturated heterocycles. The zero-order valence-corrected chi connectivity index (χ0v) is 17.7. The Kier molecular flexibility index (Phi) is 6.87. The highest BCUT2D eigenvalue weighted by Gasteiger charge is 2.22. The van der Waals surface area contributed by atoms with E-state index in [1.165, 1.54) is 18.2 Å². The highest BCUT2D eigenvalue weighted by Crippen LogP contribution is 2.25. The highest BCUT2D eigenvalue weighted by atomic mass is 16.5. The van der Waals surface area contributed by atoms with Crippen molar-refractivity contribution in [3.63, 3.8) is 0 Å². The Hall–Kier alpha value is -3.16. The molecule has 0 bridgehead atoms. The van der Waals surface area contributed by atoms with Crippen LogP contribution in [-0.4, -0.2) is 34.7 Å². The van der Waals surface area contributed by atoms with Crippen molar-refractivity contribution in [2.75, 3.05) is 12.4 Å². The fourth-order valence-corrected chi connectivity index (χ4v) is 3.81. The number of carbonyl (C=O) groups is 3. The van der Waals surface area contributed by atoms with Gasteiger partial charge in [-0.1, -0.05) is 19.3 Å². The predicted octanol–water partition coefficient (Wildman–Crippen LogP) is 2.96. The van der Waals surface area contributed by atoms with Crippen LogP contribution in [0, 0.1) is 12.8 Å². The molecule has 0 spiro atoms. The van der Waals surface area contributed by atoms with Gasteiger partial charge in [0, 0.05) is 25.2 Å². The quantitative estimate of drug-likeness (QED) is 0.710. The Balaban J connectivity index is 1.75. The van der Waals surface area contributed by atoms with E-state index < -0.39 is 5.97 Å². The molecule has 0 aliphatic heterocycles. The number of hydrogen-bond acceptors (Lipinski definition) is 5. The van der Waals surface area contributed by atoms with Crippen molar-refractivity contribution >= 4 is 23.5 Å². The van der Waals surface area contributed by atoms with Gasteiger partial charge in [-0.25, -0.2) is 4.79 Å². The largest absolute Gasteiger partial charge is 0.465 e. The number of ether oxygens (including phenoxy) is 1. The van der Waals surface area contributed by atoms with Gasteiger partial charge in [-0.05, 0) is 49.6 Å². The number of anilines is 1. The van der Waals surface area contributed by atoms with Crippen molar-refractivity contribution < 1.29 is 19.1 Å². The van der Waals surface area contributed by atoms with Crippen LogP contribution in [-0.2, 0) is 23.1 Å². The number of benzene rings is 1. The molecule has 3 rings (SSSR count). The lowest BCUT2D eigenvalue weighted by Crippen LogP contribution is -2.26. The zero-order valence-electron chi connectivity index (χ0n) is 17.7. The Morgan fingerprint density at radius 3 is 2.50 bits per heavy atom. The van der Waals surface area contributed by atoms with Crippen LogP contribution in [0.15, 0.2) is 24.3 Å². The fourth-order valence-electron chi connectivity index (χ4n) is 3.81. The number of rotatable bonds is 6. The number of carbonyl (C=O) groups excluding carboxylic acids is 3. The number of nitrogens with zero attached hydrogens (tertiary/aromatic N) is 2. The van der Waals surface area contributed by atoms with E-state index in [2.05, 4.69) is 15.7 Å². The SMILES string of the molecule is COC(=O)c1cc(CNC(=O)c2cc(C)nn2C)cc(NC(=O)C2CCCCC2)c1. The minimum Gasteiger partial charge on any atom is -0.465 e. The summed E-state index contributed by atoms with van der Waals surface area (Å²) in [5.41, 5.74) is 2.73. The van der Waals surface area contributed by atoms with Gasteiger partial charge >= 0.3 is 5.97 Å². The second kappa shape index (κ2) is 9.56. The minimum absolute atomic E-state index is 0.00299. The number of nitrogens with one attached hydrogen (secondary N) is 2. The van der Waals surface area contributed by atoms with Crippen molar-refractivity contribution in [1.29, 1.82) is 0 Å². The summed E-state index contributed by atoms with van der Waals surface area (Å²) in [6.07, 6.45) is 5.06. The van der Waals surface area contributed by atoms with Gasteiger partial charge in [-0.3, -0.25) is 14.3 Å². The van der Waals surface area contributed by atoms with Crippen LogP contribution >= 0.6 is 0 Å². The van der Waals surface area contributed by atoms with Gasteiger partial charge in [-0.15, -0.1) is 0 Å². The third-order valence-corrected chi connectivity index (χ3v) is 5.35. The van der Waals surface area contributed by atoms with E-state index in [4.69, 9.17) is 4.74 Å². The van der Waals surface area contributed by atoms with Crippen molar-refractivity contribution in [2.24, 2.45) is 13.0 Å².